The highest BCUT2D eigenvalue weighted by atomic mass is 16.5. The van der Waals surface area contributed by atoms with Crippen LogP contribution in [-0.2, 0) is 11.3 Å². The van der Waals surface area contributed by atoms with Gasteiger partial charge in [-0.1, -0.05) is 56.5 Å². The lowest BCUT2D eigenvalue weighted by Gasteiger charge is -2.05. The Bertz CT molecular complexity index is 287. The van der Waals surface area contributed by atoms with E-state index in [1.165, 1.54) is 44.1 Å². The molecule has 0 aliphatic rings. The third kappa shape index (κ3) is 9.69. The summed E-state index contributed by atoms with van der Waals surface area (Å²) in [4.78, 5) is 0. The van der Waals surface area contributed by atoms with E-state index in [1.54, 1.807) is 0 Å². The minimum Gasteiger partial charge on any atom is -0.381 e. The summed E-state index contributed by atoms with van der Waals surface area (Å²) >= 11 is 0. The van der Waals surface area contributed by atoms with Crippen LogP contribution < -0.4 is 5.32 Å². The highest BCUT2D eigenvalue weighted by Crippen LogP contribution is 2.01. The summed E-state index contributed by atoms with van der Waals surface area (Å²) in [6.07, 6.45) is 7.50. The summed E-state index contributed by atoms with van der Waals surface area (Å²) in [5.41, 5.74) is 1.37. The third-order valence-corrected chi connectivity index (χ3v) is 3.21. The maximum absolute atomic E-state index is 5.54. The first-order valence-electron chi connectivity index (χ1n) is 7.76. The molecule has 0 bridgehead atoms. The van der Waals surface area contributed by atoms with Crippen molar-refractivity contribution in [2.75, 3.05) is 19.8 Å². The summed E-state index contributed by atoms with van der Waals surface area (Å²) in [6.45, 7) is 6.19. The van der Waals surface area contributed by atoms with Crippen molar-refractivity contribution in [3.05, 3.63) is 35.9 Å². The van der Waals surface area contributed by atoms with Gasteiger partial charge in [-0.3, -0.25) is 0 Å². The second-order valence-electron chi connectivity index (χ2n) is 5.04. The van der Waals surface area contributed by atoms with E-state index in [0.29, 0.717) is 0 Å². The lowest BCUT2D eigenvalue weighted by Crippen LogP contribution is -2.14. The van der Waals surface area contributed by atoms with Gasteiger partial charge >= 0.3 is 0 Å². The number of ether oxygens (including phenoxy) is 1. The largest absolute Gasteiger partial charge is 0.381 e. The second-order valence-corrected chi connectivity index (χ2v) is 5.04. The first-order chi connectivity index (χ1) is 9.43. The molecule has 19 heavy (non-hydrogen) atoms. The van der Waals surface area contributed by atoms with E-state index in [0.717, 1.165) is 26.3 Å². The van der Waals surface area contributed by atoms with E-state index in [1.807, 2.05) is 0 Å². The van der Waals surface area contributed by atoms with Gasteiger partial charge in [0.15, 0.2) is 0 Å². The lowest BCUT2D eigenvalue weighted by atomic mass is 10.2. The predicted octanol–water partition coefficient (Wildman–Crippen LogP) is 4.15. The molecule has 1 aromatic rings. The molecular formula is C17H29NO. The van der Waals surface area contributed by atoms with Crippen LogP contribution in [0.25, 0.3) is 0 Å². The number of hydrogen-bond donors (Lipinski definition) is 1. The Labute approximate surface area is 118 Å². The van der Waals surface area contributed by atoms with E-state index in [2.05, 4.69) is 42.6 Å². The van der Waals surface area contributed by atoms with Crippen LogP contribution in [0.5, 0.6) is 0 Å². The summed E-state index contributed by atoms with van der Waals surface area (Å²) in [5, 5.41) is 3.49. The standard InChI is InChI=1S/C17H29NO/c1-2-3-14-19-15-10-5-4-9-13-18-16-17-11-7-6-8-12-17/h6-8,11-12,18H,2-5,9-10,13-16H2,1H3. The molecule has 0 aliphatic carbocycles. The Morgan fingerprint density at radius 2 is 1.63 bits per heavy atom. The third-order valence-electron chi connectivity index (χ3n) is 3.21. The fraction of sp³-hybridized carbons (Fsp3) is 0.647. The fourth-order valence-corrected chi connectivity index (χ4v) is 1.98. The van der Waals surface area contributed by atoms with Crippen LogP contribution in [0.3, 0.4) is 0 Å². The van der Waals surface area contributed by atoms with Crippen molar-refractivity contribution in [3.63, 3.8) is 0 Å². The van der Waals surface area contributed by atoms with Gasteiger partial charge in [0.2, 0.25) is 0 Å². The highest BCUT2D eigenvalue weighted by molar-refractivity contribution is 5.14. The summed E-state index contributed by atoms with van der Waals surface area (Å²) in [5.74, 6) is 0. The van der Waals surface area contributed by atoms with E-state index in [4.69, 9.17) is 4.74 Å². The van der Waals surface area contributed by atoms with Crippen LogP contribution in [-0.4, -0.2) is 19.8 Å². The molecule has 1 aromatic carbocycles. The van der Waals surface area contributed by atoms with Crippen molar-refractivity contribution in [3.8, 4) is 0 Å². The van der Waals surface area contributed by atoms with Crippen LogP contribution in [0.2, 0.25) is 0 Å². The van der Waals surface area contributed by atoms with Crippen LogP contribution in [0.15, 0.2) is 30.3 Å². The normalized spacial score (nSPS) is 10.8. The molecule has 108 valence electrons. The molecule has 2 nitrogen and oxygen atoms in total. The fourth-order valence-electron chi connectivity index (χ4n) is 1.98. The number of nitrogens with one attached hydrogen (secondary N) is 1. The van der Waals surface area contributed by atoms with E-state index >= 15 is 0 Å². The molecule has 0 fully saturated rings. The predicted molar refractivity (Wildman–Crippen MR) is 82.3 cm³/mol. The molecular weight excluding hydrogens is 234 g/mol. The molecule has 0 heterocycles. The van der Waals surface area contributed by atoms with Gasteiger partial charge < -0.3 is 10.1 Å². The Balaban J connectivity index is 1.79. The zero-order valence-electron chi connectivity index (χ0n) is 12.4. The number of hydrogen-bond acceptors (Lipinski definition) is 2. The van der Waals surface area contributed by atoms with Crippen molar-refractivity contribution in [1.82, 2.24) is 5.32 Å². The minimum absolute atomic E-state index is 0.940. The second kappa shape index (κ2) is 12.2. The Kier molecular flexibility index (Phi) is 10.4. The monoisotopic (exact) mass is 263 g/mol. The molecule has 0 amide bonds. The Hall–Kier alpha value is -0.860. The zero-order chi connectivity index (χ0) is 13.6. The van der Waals surface area contributed by atoms with Gasteiger partial charge in [-0.2, -0.15) is 0 Å². The van der Waals surface area contributed by atoms with E-state index in [9.17, 15) is 0 Å². The quantitative estimate of drug-likeness (QED) is 0.572. The molecule has 0 spiro atoms. The summed E-state index contributed by atoms with van der Waals surface area (Å²) < 4.78 is 5.54. The summed E-state index contributed by atoms with van der Waals surface area (Å²) in [6, 6.07) is 10.6. The molecule has 0 radical (unpaired) electrons. The number of unbranched alkanes of at least 4 members (excludes halogenated alkanes) is 4. The maximum Gasteiger partial charge on any atom is 0.0466 e. The van der Waals surface area contributed by atoms with Crippen molar-refractivity contribution < 1.29 is 4.74 Å². The van der Waals surface area contributed by atoms with Crippen LogP contribution in [0, 0.1) is 0 Å². The average molecular weight is 263 g/mol. The van der Waals surface area contributed by atoms with Gasteiger partial charge in [0.1, 0.15) is 0 Å². The molecule has 0 unspecified atom stereocenters. The van der Waals surface area contributed by atoms with Gasteiger partial charge in [-0.25, -0.2) is 0 Å². The van der Waals surface area contributed by atoms with Gasteiger partial charge in [0, 0.05) is 19.8 Å². The van der Waals surface area contributed by atoms with Crippen LogP contribution in [0.1, 0.15) is 51.0 Å². The van der Waals surface area contributed by atoms with Crippen molar-refractivity contribution >= 4 is 0 Å². The topological polar surface area (TPSA) is 21.3 Å². The van der Waals surface area contributed by atoms with Crippen LogP contribution in [0.4, 0.5) is 0 Å². The number of rotatable bonds is 12. The van der Waals surface area contributed by atoms with Crippen molar-refractivity contribution in [1.29, 1.82) is 0 Å². The van der Waals surface area contributed by atoms with Crippen molar-refractivity contribution in [2.24, 2.45) is 0 Å². The smallest absolute Gasteiger partial charge is 0.0466 e. The van der Waals surface area contributed by atoms with Crippen LogP contribution >= 0.6 is 0 Å². The zero-order valence-corrected chi connectivity index (χ0v) is 12.4. The molecule has 1 N–H and O–H groups in total. The highest BCUT2D eigenvalue weighted by Gasteiger charge is 1.93. The number of benzene rings is 1. The Morgan fingerprint density at radius 1 is 0.895 bits per heavy atom. The first-order valence-corrected chi connectivity index (χ1v) is 7.76. The van der Waals surface area contributed by atoms with E-state index < -0.39 is 0 Å². The van der Waals surface area contributed by atoms with Gasteiger partial charge in [-0.15, -0.1) is 0 Å². The molecule has 2 heteroatoms. The maximum atomic E-state index is 5.54. The van der Waals surface area contributed by atoms with Crippen molar-refractivity contribution in [2.45, 2.75) is 52.0 Å². The minimum atomic E-state index is 0.940. The Morgan fingerprint density at radius 3 is 2.42 bits per heavy atom. The molecule has 0 aliphatic heterocycles. The SMILES string of the molecule is CCCCOCCCCCCNCc1ccccc1. The molecule has 0 aromatic heterocycles. The average Bonchev–Trinajstić information content (AvgIpc) is 2.46. The van der Waals surface area contributed by atoms with Gasteiger partial charge in [0.05, 0.1) is 0 Å². The van der Waals surface area contributed by atoms with Gasteiger partial charge in [0.25, 0.3) is 0 Å². The molecule has 0 atom stereocenters. The van der Waals surface area contributed by atoms with E-state index in [-0.39, 0.29) is 0 Å². The molecule has 0 saturated heterocycles. The first kappa shape index (κ1) is 16.2. The lowest BCUT2D eigenvalue weighted by molar-refractivity contribution is 0.127. The summed E-state index contributed by atoms with van der Waals surface area (Å²) in [7, 11) is 0. The molecule has 1 rings (SSSR count). The molecule has 0 saturated carbocycles. The van der Waals surface area contributed by atoms with Gasteiger partial charge in [-0.05, 0) is 31.4 Å².